The maximum atomic E-state index is 3.47. The monoisotopic (exact) mass is 323 g/mol. The van der Waals surface area contributed by atoms with E-state index in [2.05, 4.69) is 69.4 Å². The summed E-state index contributed by atoms with van der Waals surface area (Å²) in [5.74, 6) is 0. The third kappa shape index (κ3) is 4.23. The molecule has 0 bridgehead atoms. The number of hydrogen-bond donors (Lipinski definition) is 1. The van der Waals surface area contributed by atoms with Crippen molar-refractivity contribution in [3.05, 3.63) is 56.7 Å². The summed E-state index contributed by atoms with van der Waals surface area (Å²) in [5.41, 5.74) is 2.85. The second kappa shape index (κ2) is 7.07. The number of hydrogen-bond acceptors (Lipinski definition) is 2. The summed E-state index contributed by atoms with van der Waals surface area (Å²) in [7, 11) is 2.05. The van der Waals surface area contributed by atoms with Crippen molar-refractivity contribution in [3.8, 4) is 0 Å². The predicted molar refractivity (Wildman–Crippen MR) is 83.3 cm³/mol. The lowest BCUT2D eigenvalue weighted by molar-refractivity contribution is 0.520. The second-order valence-corrected chi connectivity index (χ2v) is 6.18. The first-order valence-electron chi connectivity index (χ1n) is 6.20. The molecule has 2 rings (SSSR count). The van der Waals surface area contributed by atoms with E-state index in [1.54, 1.807) is 11.3 Å². The first-order chi connectivity index (χ1) is 8.78. The van der Waals surface area contributed by atoms with E-state index in [1.807, 2.05) is 0 Å². The lowest BCUT2D eigenvalue weighted by Gasteiger charge is -2.16. The maximum absolute atomic E-state index is 3.47. The zero-order valence-corrected chi connectivity index (χ0v) is 12.9. The molecule has 0 amide bonds. The summed E-state index contributed by atoms with van der Waals surface area (Å²) in [6.07, 6.45) is 3.43. The Kier molecular flexibility index (Phi) is 5.42. The number of aryl methyl sites for hydroxylation is 1. The molecule has 1 heterocycles. The van der Waals surface area contributed by atoms with Crippen LogP contribution >= 0.6 is 27.3 Å². The van der Waals surface area contributed by atoms with Gasteiger partial charge in [-0.15, -0.1) is 0 Å². The van der Waals surface area contributed by atoms with E-state index in [4.69, 9.17) is 0 Å². The average Bonchev–Trinajstić information content (AvgIpc) is 2.90. The van der Waals surface area contributed by atoms with E-state index in [1.165, 1.54) is 17.5 Å². The van der Waals surface area contributed by atoms with Gasteiger partial charge >= 0.3 is 0 Å². The van der Waals surface area contributed by atoms with E-state index < -0.39 is 0 Å². The van der Waals surface area contributed by atoms with Crippen LogP contribution in [0.15, 0.2) is 45.6 Å². The normalized spacial score (nSPS) is 12.6. The van der Waals surface area contributed by atoms with Gasteiger partial charge in [0.25, 0.3) is 0 Å². The molecule has 0 radical (unpaired) electrons. The highest BCUT2D eigenvalue weighted by molar-refractivity contribution is 9.10. The predicted octanol–water partition coefficient (Wildman–Crippen LogP) is 4.27. The molecule has 96 valence electrons. The maximum Gasteiger partial charge on any atom is 0.0175 e. The Morgan fingerprint density at radius 3 is 2.56 bits per heavy atom. The van der Waals surface area contributed by atoms with Gasteiger partial charge in [-0.05, 0) is 66.4 Å². The second-order valence-electron chi connectivity index (χ2n) is 4.49. The SMILES string of the molecule is CNC(CCc1ccsc1)Cc1ccc(Br)cc1. The van der Waals surface area contributed by atoms with Crippen molar-refractivity contribution in [2.24, 2.45) is 0 Å². The Morgan fingerprint density at radius 1 is 1.17 bits per heavy atom. The van der Waals surface area contributed by atoms with Crippen molar-refractivity contribution in [3.63, 3.8) is 0 Å². The zero-order valence-electron chi connectivity index (χ0n) is 10.5. The van der Waals surface area contributed by atoms with E-state index in [-0.39, 0.29) is 0 Å². The molecular formula is C15H18BrNS. The largest absolute Gasteiger partial charge is 0.317 e. The summed E-state index contributed by atoms with van der Waals surface area (Å²) in [6, 6.07) is 11.4. The fourth-order valence-electron chi connectivity index (χ4n) is 2.03. The van der Waals surface area contributed by atoms with Crippen LogP contribution in [0.25, 0.3) is 0 Å². The molecule has 1 aromatic heterocycles. The Bertz CT molecular complexity index is 450. The highest BCUT2D eigenvalue weighted by atomic mass is 79.9. The number of thiophene rings is 1. The standard InChI is InChI=1S/C15H18BrNS/c1-17-15(7-4-13-8-9-18-11-13)10-12-2-5-14(16)6-3-12/h2-3,5-6,8-9,11,15,17H,4,7,10H2,1H3. The van der Waals surface area contributed by atoms with Crippen LogP contribution in [-0.2, 0) is 12.8 Å². The highest BCUT2D eigenvalue weighted by Gasteiger charge is 2.07. The zero-order chi connectivity index (χ0) is 12.8. The highest BCUT2D eigenvalue weighted by Crippen LogP contribution is 2.15. The van der Waals surface area contributed by atoms with Crippen molar-refractivity contribution < 1.29 is 0 Å². The summed E-state index contributed by atoms with van der Waals surface area (Å²) in [6.45, 7) is 0. The molecule has 18 heavy (non-hydrogen) atoms. The molecule has 2 aromatic rings. The topological polar surface area (TPSA) is 12.0 Å². The molecule has 3 heteroatoms. The minimum atomic E-state index is 0.547. The molecule has 0 saturated carbocycles. The summed E-state index contributed by atoms with van der Waals surface area (Å²) >= 11 is 5.25. The van der Waals surface area contributed by atoms with Gasteiger partial charge in [0.05, 0.1) is 0 Å². The number of likely N-dealkylation sites (N-methyl/N-ethyl adjacent to an activating group) is 1. The Labute approximate surface area is 121 Å². The molecule has 0 spiro atoms. The third-order valence-corrected chi connectivity index (χ3v) is 4.43. The summed E-state index contributed by atoms with van der Waals surface area (Å²) < 4.78 is 1.14. The first-order valence-corrected chi connectivity index (χ1v) is 7.94. The van der Waals surface area contributed by atoms with Crippen LogP contribution in [0.1, 0.15) is 17.5 Å². The van der Waals surface area contributed by atoms with Gasteiger partial charge in [0, 0.05) is 10.5 Å². The van der Waals surface area contributed by atoms with Crippen molar-refractivity contribution in [2.45, 2.75) is 25.3 Å². The number of halogens is 1. The third-order valence-electron chi connectivity index (χ3n) is 3.17. The van der Waals surface area contributed by atoms with Gasteiger partial charge < -0.3 is 5.32 Å². The molecule has 0 aliphatic carbocycles. The van der Waals surface area contributed by atoms with Gasteiger partial charge in [0.15, 0.2) is 0 Å². The molecule has 0 aliphatic rings. The number of nitrogens with one attached hydrogen (secondary N) is 1. The minimum absolute atomic E-state index is 0.547. The molecule has 1 N–H and O–H groups in total. The minimum Gasteiger partial charge on any atom is -0.317 e. The fourth-order valence-corrected chi connectivity index (χ4v) is 3.00. The molecule has 0 aliphatic heterocycles. The van der Waals surface area contributed by atoms with E-state index in [9.17, 15) is 0 Å². The van der Waals surface area contributed by atoms with Crippen LogP contribution in [0.4, 0.5) is 0 Å². The van der Waals surface area contributed by atoms with Crippen LogP contribution in [0.5, 0.6) is 0 Å². The van der Waals surface area contributed by atoms with Crippen molar-refractivity contribution >= 4 is 27.3 Å². The van der Waals surface area contributed by atoms with Gasteiger partial charge in [-0.25, -0.2) is 0 Å². The van der Waals surface area contributed by atoms with Gasteiger partial charge in [-0.3, -0.25) is 0 Å². The molecule has 0 saturated heterocycles. The van der Waals surface area contributed by atoms with Crippen LogP contribution in [-0.4, -0.2) is 13.1 Å². The number of benzene rings is 1. The smallest absolute Gasteiger partial charge is 0.0175 e. The van der Waals surface area contributed by atoms with Crippen LogP contribution < -0.4 is 5.32 Å². The summed E-state index contributed by atoms with van der Waals surface area (Å²) in [5, 5.41) is 7.81. The Morgan fingerprint density at radius 2 is 1.94 bits per heavy atom. The van der Waals surface area contributed by atoms with Gasteiger partial charge in [-0.2, -0.15) is 11.3 Å². The van der Waals surface area contributed by atoms with Crippen LogP contribution in [0, 0.1) is 0 Å². The van der Waals surface area contributed by atoms with Gasteiger partial charge in [-0.1, -0.05) is 28.1 Å². The van der Waals surface area contributed by atoms with Crippen LogP contribution in [0.3, 0.4) is 0 Å². The molecule has 1 atom stereocenters. The molecule has 1 unspecified atom stereocenters. The van der Waals surface area contributed by atoms with Gasteiger partial charge in [0.1, 0.15) is 0 Å². The van der Waals surface area contributed by atoms with Crippen molar-refractivity contribution in [1.82, 2.24) is 5.32 Å². The molecule has 1 nitrogen and oxygen atoms in total. The average molecular weight is 324 g/mol. The first kappa shape index (κ1) is 13.8. The molecular weight excluding hydrogens is 306 g/mol. The molecule has 0 fully saturated rings. The lowest BCUT2D eigenvalue weighted by atomic mass is 10.0. The Balaban J connectivity index is 1.87. The lowest BCUT2D eigenvalue weighted by Crippen LogP contribution is -2.28. The number of rotatable bonds is 6. The van der Waals surface area contributed by atoms with Gasteiger partial charge in [0.2, 0.25) is 0 Å². The van der Waals surface area contributed by atoms with E-state index >= 15 is 0 Å². The fraction of sp³-hybridized carbons (Fsp3) is 0.333. The van der Waals surface area contributed by atoms with E-state index in [0.29, 0.717) is 6.04 Å². The van der Waals surface area contributed by atoms with E-state index in [0.717, 1.165) is 17.3 Å². The summed E-state index contributed by atoms with van der Waals surface area (Å²) in [4.78, 5) is 0. The van der Waals surface area contributed by atoms with Crippen LogP contribution in [0.2, 0.25) is 0 Å². The van der Waals surface area contributed by atoms with Crippen molar-refractivity contribution in [1.29, 1.82) is 0 Å². The molecule has 1 aromatic carbocycles. The van der Waals surface area contributed by atoms with Crippen molar-refractivity contribution in [2.75, 3.05) is 7.05 Å². The Hall–Kier alpha value is -0.640. The quantitative estimate of drug-likeness (QED) is 0.836.